The SMILES string of the molecule is C=C1CC/C=C(\C)CC[C@H](/C(C)=C/C=C/C(C)(C)OC)C[C@H]1OC(=O)[C@H](OC)c1ccccc1. The van der Waals surface area contributed by atoms with Crippen LogP contribution >= 0.6 is 0 Å². The Balaban J connectivity index is 2.26. The van der Waals surface area contributed by atoms with Gasteiger partial charge < -0.3 is 14.2 Å². The maximum absolute atomic E-state index is 13.1. The van der Waals surface area contributed by atoms with Crippen LogP contribution < -0.4 is 0 Å². The lowest BCUT2D eigenvalue weighted by Crippen LogP contribution is -2.28. The summed E-state index contributed by atoms with van der Waals surface area (Å²) in [6.07, 6.45) is 11.9. The van der Waals surface area contributed by atoms with Gasteiger partial charge in [0.1, 0.15) is 6.10 Å². The van der Waals surface area contributed by atoms with Gasteiger partial charge in [0.05, 0.1) is 5.60 Å². The summed E-state index contributed by atoms with van der Waals surface area (Å²) in [4.78, 5) is 13.1. The Labute approximate surface area is 206 Å². The molecule has 0 radical (unpaired) electrons. The molecular weight excluding hydrogens is 424 g/mol. The molecule has 0 spiro atoms. The van der Waals surface area contributed by atoms with E-state index in [0.29, 0.717) is 6.42 Å². The molecule has 0 aromatic heterocycles. The fraction of sp³-hybridized carbons (Fsp3) is 0.500. The standard InChI is InChI=1S/C30H42O4/c1-22-13-11-14-24(3)27(34-29(31)28(32-6)25-16-9-8-10-17-25)21-26(19-18-22)23(2)15-12-20-30(4,5)33-7/h8-10,12-13,15-17,20,26-28H,3,11,14,18-19,21H2,1-2,4-7H3/b20-12+,22-13+,23-15+/t26-,27+,28+/m0/s1. The monoisotopic (exact) mass is 466 g/mol. The number of carbonyl (C=O) groups excluding carboxylic acids is 1. The van der Waals surface area contributed by atoms with Gasteiger partial charge in [-0.05, 0) is 76.9 Å². The lowest BCUT2D eigenvalue weighted by atomic mass is 9.84. The summed E-state index contributed by atoms with van der Waals surface area (Å²) >= 11 is 0. The average molecular weight is 467 g/mol. The summed E-state index contributed by atoms with van der Waals surface area (Å²) < 4.78 is 17.1. The first-order chi connectivity index (χ1) is 16.2. The summed E-state index contributed by atoms with van der Waals surface area (Å²) in [6, 6.07) is 9.48. The zero-order valence-corrected chi connectivity index (χ0v) is 21.8. The molecule has 4 heteroatoms. The second-order valence-electron chi connectivity index (χ2n) is 9.75. The molecule has 1 aliphatic carbocycles. The van der Waals surface area contributed by atoms with Crippen molar-refractivity contribution in [1.82, 2.24) is 0 Å². The number of esters is 1. The number of allylic oxidation sites excluding steroid dienone is 5. The van der Waals surface area contributed by atoms with E-state index < -0.39 is 6.10 Å². The van der Waals surface area contributed by atoms with Crippen molar-refractivity contribution < 1.29 is 19.0 Å². The Hall–Kier alpha value is -2.43. The van der Waals surface area contributed by atoms with Gasteiger partial charge in [-0.2, -0.15) is 0 Å². The van der Waals surface area contributed by atoms with E-state index in [1.165, 1.54) is 18.3 Å². The molecule has 1 aliphatic rings. The third kappa shape index (κ3) is 8.73. The highest BCUT2D eigenvalue weighted by molar-refractivity contribution is 5.77. The Morgan fingerprint density at radius 3 is 2.53 bits per heavy atom. The molecule has 2 rings (SSSR count). The molecule has 0 aliphatic heterocycles. The van der Waals surface area contributed by atoms with Crippen LogP contribution in [0.1, 0.15) is 71.5 Å². The molecule has 0 bridgehead atoms. The number of hydrogen-bond donors (Lipinski definition) is 0. The minimum atomic E-state index is -0.749. The van der Waals surface area contributed by atoms with Gasteiger partial charge in [0.15, 0.2) is 6.10 Å². The number of methoxy groups -OCH3 is 2. The van der Waals surface area contributed by atoms with Gasteiger partial charge in [-0.25, -0.2) is 4.79 Å². The molecule has 186 valence electrons. The first-order valence-electron chi connectivity index (χ1n) is 12.2. The summed E-state index contributed by atoms with van der Waals surface area (Å²) in [5.41, 5.74) is 4.09. The van der Waals surface area contributed by atoms with E-state index >= 15 is 0 Å². The van der Waals surface area contributed by atoms with Crippen molar-refractivity contribution in [3.05, 3.63) is 83.5 Å². The van der Waals surface area contributed by atoms with Crippen molar-refractivity contribution in [1.29, 1.82) is 0 Å². The van der Waals surface area contributed by atoms with E-state index in [4.69, 9.17) is 14.2 Å². The first-order valence-corrected chi connectivity index (χ1v) is 12.2. The molecule has 1 aromatic carbocycles. The lowest BCUT2D eigenvalue weighted by Gasteiger charge is -2.28. The smallest absolute Gasteiger partial charge is 0.340 e. The highest BCUT2D eigenvalue weighted by Gasteiger charge is 2.29. The Kier molecular flexibility index (Phi) is 11.0. The minimum Gasteiger partial charge on any atom is -0.456 e. The Bertz CT molecular complexity index is 892. The molecule has 0 saturated carbocycles. The highest BCUT2D eigenvalue weighted by Crippen LogP contribution is 2.32. The summed E-state index contributed by atoms with van der Waals surface area (Å²) in [6.45, 7) is 12.7. The Morgan fingerprint density at radius 2 is 1.88 bits per heavy atom. The zero-order valence-electron chi connectivity index (χ0n) is 21.8. The van der Waals surface area contributed by atoms with Crippen LogP contribution in [0.3, 0.4) is 0 Å². The number of benzene rings is 1. The van der Waals surface area contributed by atoms with Gasteiger partial charge in [-0.3, -0.25) is 0 Å². The van der Waals surface area contributed by atoms with Gasteiger partial charge in [0.2, 0.25) is 0 Å². The molecule has 1 aromatic rings. The van der Waals surface area contributed by atoms with Crippen LogP contribution in [-0.4, -0.2) is 31.9 Å². The van der Waals surface area contributed by atoms with Gasteiger partial charge in [0, 0.05) is 14.2 Å². The van der Waals surface area contributed by atoms with Crippen molar-refractivity contribution in [2.24, 2.45) is 5.92 Å². The van der Waals surface area contributed by atoms with E-state index in [1.54, 1.807) is 7.11 Å². The van der Waals surface area contributed by atoms with Crippen LogP contribution in [0, 0.1) is 5.92 Å². The van der Waals surface area contributed by atoms with Crippen molar-refractivity contribution in [3.8, 4) is 0 Å². The normalized spacial score (nSPS) is 23.3. The summed E-state index contributed by atoms with van der Waals surface area (Å²) in [7, 11) is 3.25. The van der Waals surface area contributed by atoms with Gasteiger partial charge in [-0.1, -0.05) is 72.4 Å². The number of rotatable bonds is 8. The molecule has 4 nitrogen and oxygen atoms in total. The van der Waals surface area contributed by atoms with E-state index in [2.05, 4.69) is 44.7 Å². The van der Waals surface area contributed by atoms with Gasteiger partial charge in [-0.15, -0.1) is 0 Å². The van der Waals surface area contributed by atoms with Crippen molar-refractivity contribution in [2.75, 3.05) is 14.2 Å². The van der Waals surface area contributed by atoms with E-state index in [1.807, 2.05) is 44.2 Å². The van der Waals surface area contributed by atoms with Crippen molar-refractivity contribution >= 4 is 5.97 Å². The van der Waals surface area contributed by atoms with Crippen molar-refractivity contribution in [3.63, 3.8) is 0 Å². The van der Waals surface area contributed by atoms with Gasteiger partial charge in [0.25, 0.3) is 0 Å². The quantitative estimate of drug-likeness (QED) is 0.229. The number of ether oxygens (including phenoxy) is 3. The van der Waals surface area contributed by atoms with E-state index in [9.17, 15) is 4.79 Å². The second kappa shape index (κ2) is 13.5. The number of hydrogen-bond acceptors (Lipinski definition) is 4. The van der Waals surface area contributed by atoms with Crippen LogP contribution in [0.15, 0.2) is 77.9 Å². The van der Waals surface area contributed by atoms with Crippen LogP contribution in [-0.2, 0) is 19.0 Å². The van der Waals surface area contributed by atoms with Gasteiger partial charge >= 0.3 is 5.97 Å². The molecule has 0 heterocycles. The number of carbonyl (C=O) groups is 1. The highest BCUT2D eigenvalue weighted by atomic mass is 16.6. The second-order valence-corrected chi connectivity index (χ2v) is 9.75. The maximum atomic E-state index is 13.1. The molecule has 0 saturated heterocycles. The predicted octanol–water partition coefficient (Wildman–Crippen LogP) is 7.30. The van der Waals surface area contributed by atoms with E-state index in [0.717, 1.165) is 36.8 Å². The van der Waals surface area contributed by atoms with Crippen LogP contribution in [0.25, 0.3) is 0 Å². The minimum absolute atomic E-state index is 0.268. The zero-order chi connectivity index (χ0) is 25.1. The fourth-order valence-corrected chi connectivity index (χ4v) is 4.09. The first kappa shape index (κ1) is 27.8. The van der Waals surface area contributed by atoms with E-state index in [-0.39, 0.29) is 23.6 Å². The summed E-state index contributed by atoms with van der Waals surface area (Å²) in [5.74, 6) is -0.102. The molecule has 34 heavy (non-hydrogen) atoms. The largest absolute Gasteiger partial charge is 0.456 e. The van der Waals surface area contributed by atoms with Crippen LogP contribution in [0.4, 0.5) is 0 Å². The summed E-state index contributed by atoms with van der Waals surface area (Å²) in [5, 5.41) is 0. The molecule has 0 N–H and O–H groups in total. The molecular formula is C30H42O4. The molecule has 0 unspecified atom stereocenters. The van der Waals surface area contributed by atoms with Crippen LogP contribution in [0.2, 0.25) is 0 Å². The third-order valence-corrected chi connectivity index (χ3v) is 6.64. The molecule has 3 atom stereocenters. The topological polar surface area (TPSA) is 44.8 Å². The predicted molar refractivity (Wildman–Crippen MR) is 140 cm³/mol. The lowest BCUT2D eigenvalue weighted by molar-refractivity contribution is -0.160. The Morgan fingerprint density at radius 1 is 1.18 bits per heavy atom. The third-order valence-electron chi connectivity index (χ3n) is 6.64. The van der Waals surface area contributed by atoms with Crippen molar-refractivity contribution in [2.45, 2.75) is 77.6 Å². The fourth-order valence-electron chi connectivity index (χ4n) is 4.09. The van der Waals surface area contributed by atoms with Crippen LogP contribution in [0.5, 0.6) is 0 Å². The maximum Gasteiger partial charge on any atom is 0.340 e. The molecule has 0 amide bonds. The average Bonchev–Trinajstić information content (AvgIpc) is 2.81. The molecule has 0 fully saturated rings.